The number of rotatable bonds is 3. The van der Waals surface area contributed by atoms with Crippen molar-refractivity contribution in [3.8, 4) is 5.75 Å². The predicted molar refractivity (Wildman–Crippen MR) is 80.2 cm³/mol. The Morgan fingerprint density at radius 1 is 1.38 bits per heavy atom. The highest BCUT2D eigenvalue weighted by Gasteiger charge is 2.17. The largest absolute Gasteiger partial charge is 0.506 e. The molecule has 90 valence electrons. The number of hydrogen-bond donors (Lipinski definition) is 2. The summed E-state index contributed by atoms with van der Waals surface area (Å²) < 4.78 is 2.09. The van der Waals surface area contributed by atoms with Gasteiger partial charge in [-0.1, -0.05) is 22.0 Å². The average Bonchev–Trinajstić information content (AvgIpc) is 2.15. The van der Waals surface area contributed by atoms with Gasteiger partial charge in [-0.05, 0) is 44.3 Å². The number of phenols is 1. The summed E-state index contributed by atoms with van der Waals surface area (Å²) in [5, 5.41) is 9.73. The monoisotopic (exact) mass is 433 g/mol. The number of benzene rings is 1. The third kappa shape index (κ3) is 3.47. The van der Waals surface area contributed by atoms with Crippen molar-refractivity contribution >= 4 is 60.2 Å². The molecule has 1 atom stereocenters. The normalized spacial score (nSPS) is 11.8. The van der Waals surface area contributed by atoms with Gasteiger partial charge >= 0.3 is 0 Å². The first-order valence-corrected chi connectivity index (χ1v) is 6.59. The number of aromatic hydroxyl groups is 1. The molecule has 0 fully saturated rings. The van der Waals surface area contributed by atoms with Crippen molar-refractivity contribution in [1.82, 2.24) is 0 Å². The molecule has 2 nitrogen and oxygen atoms in total. The molecule has 0 spiro atoms. The van der Waals surface area contributed by atoms with E-state index in [2.05, 4.69) is 54.4 Å². The molecule has 1 rings (SSSR count). The first kappa shape index (κ1) is 16.4. The Bertz CT molecular complexity index is 398. The summed E-state index contributed by atoms with van der Waals surface area (Å²) in [6.07, 6.45) is 2.40. The Labute approximate surface area is 126 Å². The maximum atomic E-state index is 9.73. The Morgan fingerprint density at radius 3 is 2.44 bits per heavy atom. The lowest BCUT2D eigenvalue weighted by Crippen LogP contribution is -2.10. The highest BCUT2D eigenvalue weighted by Crippen LogP contribution is 2.42. The molecular weight excluding hydrogens is 425 g/mol. The third-order valence-corrected chi connectivity index (χ3v) is 4.04. The van der Waals surface area contributed by atoms with Gasteiger partial charge in [0.05, 0.1) is 8.95 Å². The van der Waals surface area contributed by atoms with E-state index in [1.165, 1.54) is 0 Å². The Balaban J connectivity index is 0.00000225. The van der Waals surface area contributed by atoms with Crippen LogP contribution in [0.15, 0.2) is 32.1 Å². The molecule has 3 N–H and O–H groups in total. The fourth-order valence-electron chi connectivity index (χ4n) is 1.23. The van der Waals surface area contributed by atoms with E-state index in [-0.39, 0.29) is 24.2 Å². The predicted octanol–water partition coefficient (Wildman–Crippen LogP) is 4.68. The molecule has 16 heavy (non-hydrogen) atoms. The van der Waals surface area contributed by atoms with Gasteiger partial charge < -0.3 is 10.8 Å². The van der Waals surface area contributed by atoms with Gasteiger partial charge in [0.1, 0.15) is 5.75 Å². The minimum Gasteiger partial charge on any atom is -0.506 e. The maximum absolute atomic E-state index is 9.73. The number of hydrogen-bond acceptors (Lipinski definition) is 2. The van der Waals surface area contributed by atoms with Gasteiger partial charge in [0, 0.05) is 16.1 Å². The van der Waals surface area contributed by atoms with Gasteiger partial charge in [0.15, 0.2) is 0 Å². The molecule has 0 amide bonds. The van der Waals surface area contributed by atoms with Crippen molar-refractivity contribution in [3.63, 3.8) is 0 Å². The zero-order chi connectivity index (χ0) is 11.6. The number of phenolic OH excluding ortho intramolecular Hbond substituents is 1. The van der Waals surface area contributed by atoms with Crippen LogP contribution in [0.1, 0.15) is 18.0 Å². The van der Waals surface area contributed by atoms with Crippen LogP contribution in [-0.4, -0.2) is 5.11 Å². The molecule has 0 heterocycles. The smallest absolute Gasteiger partial charge is 0.144 e. The van der Waals surface area contributed by atoms with Gasteiger partial charge in [0.2, 0.25) is 0 Å². The summed E-state index contributed by atoms with van der Waals surface area (Å²) in [5.41, 5.74) is 6.81. The topological polar surface area (TPSA) is 46.2 Å². The lowest BCUT2D eigenvalue weighted by Gasteiger charge is -2.16. The van der Waals surface area contributed by atoms with E-state index < -0.39 is 0 Å². The summed E-state index contributed by atoms with van der Waals surface area (Å²) in [5.74, 6) is 0.160. The van der Waals surface area contributed by atoms with Crippen molar-refractivity contribution in [2.24, 2.45) is 5.73 Å². The molecule has 0 aliphatic rings. The van der Waals surface area contributed by atoms with E-state index in [1.807, 2.05) is 0 Å². The summed E-state index contributed by atoms with van der Waals surface area (Å²) in [7, 11) is 0. The second kappa shape index (κ2) is 7.01. The van der Waals surface area contributed by atoms with Crippen LogP contribution in [-0.2, 0) is 0 Å². The van der Waals surface area contributed by atoms with Gasteiger partial charge in [-0.15, -0.1) is 19.0 Å². The van der Waals surface area contributed by atoms with E-state index in [1.54, 1.807) is 12.1 Å². The van der Waals surface area contributed by atoms with Crippen molar-refractivity contribution in [2.45, 2.75) is 12.5 Å². The Hall–Kier alpha value is 0.450. The van der Waals surface area contributed by atoms with Crippen molar-refractivity contribution < 1.29 is 5.11 Å². The highest BCUT2D eigenvalue weighted by atomic mass is 79.9. The van der Waals surface area contributed by atoms with Crippen LogP contribution in [0.2, 0.25) is 0 Å². The molecule has 0 saturated carbocycles. The minimum atomic E-state index is -0.190. The molecule has 6 heteroatoms. The summed E-state index contributed by atoms with van der Waals surface area (Å²) in [4.78, 5) is 0. The van der Waals surface area contributed by atoms with E-state index >= 15 is 0 Å². The van der Waals surface area contributed by atoms with Gasteiger partial charge in [0.25, 0.3) is 0 Å². The van der Waals surface area contributed by atoms with Crippen LogP contribution in [0, 0.1) is 0 Å². The molecule has 0 bridgehead atoms. The molecule has 0 saturated heterocycles. The van der Waals surface area contributed by atoms with Gasteiger partial charge in [-0.2, -0.15) is 0 Å². The fourth-order valence-corrected chi connectivity index (χ4v) is 3.94. The standard InChI is InChI=1S/C10H10Br3NO.ClH/c1-2-3-7(14)8-5(11)4-6(12)10(15)9(8)13;/h2,4,7,15H,1,3,14H2;1H/t7-;/m1./s1. The lowest BCUT2D eigenvalue weighted by atomic mass is 10.0. The first-order valence-electron chi connectivity index (χ1n) is 4.21. The summed E-state index contributed by atoms with van der Waals surface area (Å²) in [6.45, 7) is 3.64. The molecule has 0 aromatic heterocycles. The minimum absolute atomic E-state index is 0. The van der Waals surface area contributed by atoms with Crippen molar-refractivity contribution in [1.29, 1.82) is 0 Å². The zero-order valence-corrected chi connectivity index (χ0v) is 13.8. The number of nitrogens with two attached hydrogens (primary N) is 1. The van der Waals surface area contributed by atoms with E-state index in [9.17, 15) is 5.11 Å². The van der Waals surface area contributed by atoms with Crippen LogP contribution in [0.25, 0.3) is 0 Å². The SMILES string of the molecule is C=CC[C@@H](N)c1c(Br)cc(Br)c(O)c1Br.Cl. The van der Waals surface area contributed by atoms with E-state index in [0.29, 0.717) is 15.4 Å². The third-order valence-electron chi connectivity index (χ3n) is 1.97. The fraction of sp³-hybridized carbons (Fsp3) is 0.200. The highest BCUT2D eigenvalue weighted by molar-refractivity contribution is 9.11. The molecular formula is C10H11Br3ClNO. The molecule has 1 aromatic rings. The van der Waals surface area contributed by atoms with Crippen molar-refractivity contribution in [3.05, 3.63) is 37.7 Å². The Morgan fingerprint density at radius 2 is 1.94 bits per heavy atom. The maximum Gasteiger partial charge on any atom is 0.144 e. The average molecular weight is 436 g/mol. The van der Waals surface area contributed by atoms with Crippen LogP contribution in [0.3, 0.4) is 0 Å². The zero-order valence-electron chi connectivity index (χ0n) is 8.21. The second-order valence-electron chi connectivity index (χ2n) is 3.05. The molecule has 0 aliphatic carbocycles. The van der Waals surface area contributed by atoms with Crippen LogP contribution in [0.4, 0.5) is 0 Å². The van der Waals surface area contributed by atoms with Gasteiger partial charge in [-0.25, -0.2) is 0 Å². The van der Waals surface area contributed by atoms with Crippen LogP contribution < -0.4 is 5.73 Å². The van der Waals surface area contributed by atoms with Crippen molar-refractivity contribution in [2.75, 3.05) is 0 Å². The summed E-state index contributed by atoms with van der Waals surface area (Å²) in [6, 6.07) is 1.59. The summed E-state index contributed by atoms with van der Waals surface area (Å²) >= 11 is 9.99. The molecule has 0 radical (unpaired) electrons. The van der Waals surface area contributed by atoms with E-state index in [0.717, 1.165) is 10.0 Å². The second-order valence-corrected chi connectivity index (χ2v) is 5.55. The molecule has 1 aromatic carbocycles. The Kier molecular flexibility index (Phi) is 7.21. The first-order chi connectivity index (χ1) is 6.99. The quantitative estimate of drug-likeness (QED) is 0.677. The number of halogens is 4. The van der Waals surface area contributed by atoms with Crippen LogP contribution in [0.5, 0.6) is 5.75 Å². The van der Waals surface area contributed by atoms with E-state index in [4.69, 9.17) is 5.73 Å². The van der Waals surface area contributed by atoms with Gasteiger partial charge in [-0.3, -0.25) is 0 Å². The lowest BCUT2D eigenvalue weighted by molar-refractivity contribution is 0.466. The van der Waals surface area contributed by atoms with Crippen LogP contribution >= 0.6 is 60.2 Å². The molecule has 0 aliphatic heterocycles. The molecule has 0 unspecified atom stereocenters.